The van der Waals surface area contributed by atoms with Gasteiger partial charge in [-0.15, -0.1) is 0 Å². The number of anilines is 2. The summed E-state index contributed by atoms with van der Waals surface area (Å²) in [7, 11) is 0. The van der Waals surface area contributed by atoms with Gasteiger partial charge in [-0.1, -0.05) is 12.8 Å². The van der Waals surface area contributed by atoms with Crippen LogP contribution in [0.2, 0.25) is 0 Å². The average molecular weight is 420 g/mol. The Balaban J connectivity index is 0.000000189. The minimum atomic E-state index is -0.117. The molecule has 0 unspecified atom stereocenters. The van der Waals surface area contributed by atoms with Gasteiger partial charge in [0.15, 0.2) is 0 Å². The van der Waals surface area contributed by atoms with Crippen molar-refractivity contribution in [1.82, 2.24) is 29.9 Å². The number of pyridine rings is 2. The highest BCUT2D eigenvalue weighted by molar-refractivity contribution is 5.76. The number of hydrogen-bond donors (Lipinski definition) is 3. The van der Waals surface area contributed by atoms with E-state index in [0.717, 1.165) is 16.9 Å². The maximum atomic E-state index is 12.4. The number of aromatic nitrogens is 6. The lowest BCUT2D eigenvalue weighted by Gasteiger charge is -2.13. The van der Waals surface area contributed by atoms with Crippen molar-refractivity contribution in [3.63, 3.8) is 0 Å². The molecule has 0 spiro atoms. The summed E-state index contributed by atoms with van der Waals surface area (Å²) in [5, 5.41) is 14.4. The van der Waals surface area contributed by atoms with E-state index in [1.54, 1.807) is 23.2 Å². The van der Waals surface area contributed by atoms with Crippen molar-refractivity contribution in [2.75, 3.05) is 11.1 Å². The topological polar surface area (TPSA) is 141 Å². The first-order valence-electron chi connectivity index (χ1n) is 10.5. The second-order valence-electron chi connectivity index (χ2n) is 7.98. The zero-order valence-electron chi connectivity index (χ0n) is 17.0. The molecule has 0 amide bonds. The van der Waals surface area contributed by atoms with Gasteiger partial charge in [-0.05, 0) is 49.0 Å². The zero-order valence-corrected chi connectivity index (χ0v) is 17.0. The molecule has 31 heavy (non-hydrogen) atoms. The van der Waals surface area contributed by atoms with Crippen LogP contribution >= 0.6 is 0 Å². The molecule has 4 heterocycles. The first-order chi connectivity index (χ1) is 15.2. The molecule has 4 aromatic heterocycles. The standard InChI is InChI=1S/C16H17N5O.C5H7N3O/c22-16-15-11(9-18-20-15)7-8-21(16)13-5-6-14(17-10-13)19-12-3-1-2-4-12;6-5-7-4(9-8-5)3-1-2-3/h5-10,12H,1-4H2,(H,17,19)(H,18,20);3H,1-2H2,(H2,6,8). The highest BCUT2D eigenvalue weighted by atomic mass is 16.5. The predicted octanol–water partition coefficient (Wildman–Crippen LogP) is 2.99. The molecule has 10 heteroatoms. The van der Waals surface area contributed by atoms with Crippen molar-refractivity contribution in [3.8, 4) is 5.69 Å². The van der Waals surface area contributed by atoms with Crippen molar-refractivity contribution >= 4 is 22.7 Å². The summed E-state index contributed by atoms with van der Waals surface area (Å²) in [6.45, 7) is 0. The van der Waals surface area contributed by atoms with Crippen molar-refractivity contribution in [1.29, 1.82) is 0 Å². The van der Waals surface area contributed by atoms with Crippen molar-refractivity contribution in [3.05, 3.63) is 53.0 Å². The van der Waals surface area contributed by atoms with Gasteiger partial charge >= 0.3 is 0 Å². The van der Waals surface area contributed by atoms with Crippen LogP contribution in [0.3, 0.4) is 0 Å². The highest BCUT2D eigenvalue weighted by Crippen LogP contribution is 2.38. The number of H-pyrrole nitrogens is 1. The van der Waals surface area contributed by atoms with Gasteiger partial charge in [0.05, 0.1) is 18.1 Å². The minimum absolute atomic E-state index is 0.117. The fourth-order valence-corrected chi connectivity index (χ4v) is 3.78. The van der Waals surface area contributed by atoms with Crippen LogP contribution in [0.15, 0.2) is 46.1 Å². The van der Waals surface area contributed by atoms with Crippen LogP contribution in [0.1, 0.15) is 50.3 Å². The van der Waals surface area contributed by atoms with Crippen LogP contribution in [0.25, 0.3) is 16.6 Å². The molecule has 0 saturated heterocycles. The molecular weight excluding hydrogens is 396 g/mol. The van der Waals surface area contributed by atoms with Crippen molar-refractivity contribution in [2.24, 2.45) is 0 Å². The summed E-state index contributed by atoms with van der Waals surface area (Å²) in [5.41, 5.74) is 6.37. The number of rotatable bonds is 4. The Morgan fingerprint density at radius 2 is 1.97 bits per heavy atom. The maximum Gasteiger partial charge on any atom is 0.281 e. The van der Waals surface area contributed by atoms with Crippen LogP contribution in [0, 0.1) is 0 Å². The zero-order chi connectivity index (χ0) is 21.2. The van der Waals surface area contributed by atoms with Crippen LogP contribution in [0.5, 0.6) is 0 Å². The summed E-state index contributed by atoms with van der Waals surface area (Å²) in [6.07, 6.45) is 12.4. The molecule has 2 aliphatic carbocycles. The van der Waals surface area contributed by atoms with Gasteiger partial charge in [-0.2, -0.15) is 10.1 Å². The molecule has 160 valence electrons. The molecule has 0 aromatic carbocycles. The molecule has 4 N–H and O–H groups in total. The number of fused-ring (bicyclic) bond motifs is 1. The van der Waals surface area contributed by atoms with Crippen LogP contribution in [-0.4, -0.2) is 35.9 Å². The number of nitrogens with two attached hydrogens (primary N) is 1. The molecule has 2 saturated carbocycles. The van der Waals surface area contributed by atoms with Crippen LogP contribution < -0.4 is 16.6 Å². The number of nitrogens with zero attached hydrogens (tertiary/aromatic N) is 5. The third-order valence-electron chi connectivity index (χ3n) is 5.62. The molecule has 6 rings (SSSR count). The van der Waals surface area contributed by atoms with E-state index < -0.39 is 0 Å². The molecule has 10 nitrogen and oxygen atoms in total. The Kier molecular flexibility index (Phi) is 5.11. The lowest BCUT2D eigenvalue weighted by atomic mass is 10.2. The Hall–Kier alpha value is -3.69. The first kappa shape index (κ1) is 19.3. The average Bonchev–Trinajstić information content (AvgIpc) is 3.15. The smallest absolute Gasteiger partial charge is 0.281 e. The first-order valence-corrected chi connectivity index (χ1v) is 10.5. The fraction of sp³-hybridized carbons (Fsp3) is 0.381. The second kappa shape index (κ2) is 8.21. The fourth-order valence-electron chi connectivity index (χ4n) is 3.78. The maximum absolute atomic E-state index is 12.4. The lowest BCUT2D eigenvalue weighted by molar-refractivity contribution is 0.380. The summed E-state index contributed by atoms with van der Waals surface area (Å²) in [6, 6.07) is 6.23. The molecular formula is C21H24N8O2. The Morgan fingerprint density at radius 1 is 1.13 bits per heavy atom. The molecule has 0 atom stereocenters. The monoisotopic (exact) mass is 420 g/mol. The lowest BCUT2D eigenvalue weighted by Crippen LogP contribution is -2.18. The van der Waals surface area contributed by atoms with E-state index in [9.17, 15) is 4.79 Å². The van der Waals surface area contributed by atoms with Gasteiger partial charge in [0.2, 0.25) is 5.89 Å². The normalized spacial score (nSPS) is 16.3. The van der Waals surface area contributed by atoms with Crippen LogP contribution in [0.4, 0.5) is 11.8 Å². The van der Waals surface area contributed by atoms with E-state index in [0.29, 0.717) is 23.4 Å². The quantitative estimate of drug-likeness (QED) is 0.458. The molecule has 0 aliphatic heterocycles. The summed E-state index contributed by atoms with van der Waals surface area (Å²) in [5.74, 6) is 2.32. The third kappa shape index (κ3) is 4.27. The highest BCUT2D eigenvalue weighted by Gasteiger charge is 2.29. The molecule has 2 aliphatic rings. The van der Waals surface area contributed by atoms with Gasteiger partial charge in [0.1, 0.15) is 11.3 Å². The summed E-state index contributed by atoms with van der Waals surface area (Å²) in [4.78, 5) is 20.7. The Morgan fingerprint density at radius 3 is 2.65 bits per heavy atom. The van der Waals surface area contributed by atoms with E-state index in [1.165, 1.54) is 38.5 Å². The van der Waals surface area contributed by atoms with E-state index in [1.807, 2.05) is 18.2 Å². The molecule has 0 bridgehead atoms. The third-order valence-corrected chi connectivity index (χ3v) is 5.62. The molecule has 2 fully saturated rings. The van der Waals surface area contributed by atoms with E-state index in [-0.39, 0.29) is 11.5 Å². The predicted molar refractivity (Wildman–Crippen MR) is 116 cm³/mol. The number of nitrogen functional groups attached to an aromatic ring is 1. The second-order valence-corrected chi connectivity index (χ2v) is 7.98. The number of hydrogen-bond acceptors (Lipinski definition) is 8. The van der Waals surface area contributed by atoms with Crippen LogP contribution in [-0.2, 0) is 0 Å². The summed E-state index contributed by atoms with van der Waals surface area (Å²) >= 11 is 0. The largest absolute Gasteiger partial charge is 0.367 e. The van der Waals surface area contributed by atoms with Gasteiger partial charge < -0.3 is 15.6 Å². The van der Waals surface area contributed by atoms with Crippen molar-refractivity contribution in [2.45, 2.75) is 50.5 Å². The summed E-state index contributed by atoms with van der Waals surface area (Å²) < 4.78 is 6.38. The Labute approximate surface area is 177 Å². The minimum Gasteiger partial charge on any atom is -0.367 e. The van der Waals surface area contributed by atoms with E-state index in [4.69, 9.17) is 10.3 Å². The van der Waals surface area contributed by atoms with Gasteiger partial charge in [-0.3, -0.25) is 14.5 Å². The molecule has 4 aromatic rings. The molecule has 0 radical (unpaired) electrons. The van der Waals surface area contributed by atoms with Crippen molar-refractivity contribution < 1.29 is 4.52 Å². The van der Waals surface area contributed by atoms with Gasteiger partial charge in [-0.25, -0.2) is 4.98 Å². The van der Waals surface area contributed by atoms with Gasteiger partial charge in [0, 0.05) is 23.5 Å². The Bertz CT molecular complexity index is 1220. The number of nitrogens with one attached hydrogen (secondary N) is 2. The SMILES string of the molecule is Nc1noc(C2CC2)n1.O=c1c2[nH]ncc2ccn1-c1ccc(NC2CCCC2)nc1. The van der Waals surface area contributed by atoms with Gasteiger partial charge in [0.25, 0.3) is 11.5 Å². The van der Waals surface area contributed by atoms with E-state index >= 15 is 0 Å². The number of aromatic amines is 1. The van der Waals surface area contributed by atoms with E-state index in [2.05, 4.69) is 30.6 Å².